The molecule has 0 amide bonds. The number of hydrogen-bond donors (Lipinski definition) is 2. The number of carbonyl (C=O) groups is 1. The van der Waals surface area contributed by atoms with Gasteiger partial charge in [-0.15, -0.1) is 0 Å². The Bertz CT molecular complexity index is 595. The SMILES string of the molecule is CCCn1c(=O)[nH]c2ccc(C(=O)O)cc21. The Morgan fingerprint density at radius 1 is 1.50 bits per heavy atom. The second-order valence-corrected chi connectivity index (χ2v) is 3.62. The van der Waals surface area contributed by atoms with Gasteiger partial charge in [-0.2, -0.15) is 0 Å². The summed E-state index contributed by atoms with van der Waals surface area (Å²) < 4.78 is 1.56. The smallest absolute Gasteiger partial charge is 0.335 e. The van der Waals surface area contributed by atoms with Crippen LogP contribution in [0, 0.1) is 0 Å². The molecule has 0 radical (unpaired) electrons. The van der Waals surface area contributed by atoms with E-state index in [-0.39, 0.29) is 11.3 Å². The maximum atomic E-state index is 11.6. The van der Waals surface area contributed by atoms with E-state index in [0.29, 0.717) is 17.6 Å². The molecule has 0 aliphatic heterocycles. The van der Waals surface area contributed by atoms with Crippen molar-refractivity contribution >= 4 is 17.0 Å². The Balaban J connectivity index is 2.69. The van der Waals surface area contributed by atoms with Crippen LogP contribution >= 0.6 is 0 Å². The summed E-state index contributed by atoms with van der Waals surface area (Å²) in [6.07, 6.45) is 0.824. The largest absolute Gasteiger partial charge is 0.478 e. The Morgan fingerprint density at radius 3 is 2.88 bits per heavy atom. The maximum absolute atomic E-state index is 11.6. The van der Waals surface area contributed by atoms with Crippen molar-refractivity contribution in [1.82, 2.24) is 9.55 Å². The van der Waals surface area contributed by atoms with Crippen molar-refractivity contribution in [3.05, 3.63) is 34.2 Å². The third kappa shape index (κ3) is 1.60. The quantitative estimate of drug-likeness (QED) is 0.821. The zero-order valence-electron chi connectivity index (χ0n) is 8.86. The second-order valence-electron chi connectivity index (χ2n) is 3.62. The fourth-order valence-corrected chi connectivity index (χ4v) is 1.73. The van der Waals surface area contributed by atoms with Crippen LogP contribution in [0.4, 0.5) is 0 Å². The van der Waals surface area contributed by atoms with Crippen LogP contribution in [0.1, 0.15) is 23.7 Å². The van der Waals surface area contributed by atoms with E-state index in [1.165, 1.54) is 12.1 Å². The number of aromatic amines is 1. The standard InChI is InChI=1S/C11H12N2O3/c1-2-5-13-9-6-7(10(14)15)3-4-8(9)12-11(13)16/h3-4,6H,2,5H2,1H3,(H,12,16)(H,14,15). The monoisotopic (exact) mass is 220 g/mol. The van der Waals surface area contributed by atoms with Crippen molar-refractivity contribution in [2.75, 3.05) is 0 Å². The van der Waals surface area contributed by atoms with Crippen molar-refractivity contribution in [2.24, 2.45) is 0 Å². The third-order valence-electron chi connectivity index (χ3n) is 2.47. The summed E-state index contributed by atoms with van der Waals surface area (Å²) in [6, 6.07) is 4.62. The van der Waals surface area contributed by atoms with Gasteiger partial charge < -0.3 is 10.1 Å². The summed E-state index contributed by atoms with van der Waals surface area (Å²) in [5, 5.41) is 8.87. The molecule has 84 valence electrons. The molecule has 1 aromatic carbocycles. The molecule has 0 aliphatic rings. The van der Waals surface area contributed by atoms with E-state index in [4.69, 9.17) is 5.11 Å². The van der Waals surface area contributed by atoms with Gasteiger partial charge in [0.05, 0.1) is 16.6 Å². The summed E-state index contributed by atoms with van der Waals surface area (Å²) in [6.45, 7) is 2.55. The predicted molar refractivity (Wildman–Crippen MR) is 59.8 cm³/mol. The predicted octanol–water partition coefficient (Wildman–Crippen LogP) is 1.44. The molecule has 2 N–H and O–H groups in total. The third-order valence-corrected chi connectivity index (χ3v) is 2.47. The first-order valence-corrected chi connectivity index (χ1v) is 5.09. The molecule has 5 nitrogen and oxygen atoms in total. The first-order chi connectivity index (χ1) is 7.63. The van der Waals surface area contributed by atoms with Gasteiger partial charge in [-0.3, -0.25) is 4.57 Å². The molecule has 2 rings (SSSR count). The molecule has 5 heteroatoms. The number of nitrogens with zero attached hydrogens (tertiary/aromatic N) is 1. The molecule has 0 aliphatic carbocycles. The number of carboxylic acids is 1. The van der Waals surface area contributed by atoms with Crippen LogP contribution in [-0.4, -0.2) is 20.6 Å². The topological polar surface area (TPSA) is 75.1 Å². The number of fused-ring (bicyclic) bond motifs is 1. The zero-order chi connectivity index (χ0) is 11.7. The maximum Gasteiger partial charge on any atom is 0.335 e. The molecule has 0 spiro atoms. The summed E-state index contributed by atoms with van der Waals surface area (Å²) in [7, 11) is 0. The molecular weight excluding hydrogens is 208 g/mol. The van der Waals surface area contributed by atoms with Gasteiger partial charge in [0, 0.05) is 6.54 Å². The summed E-state index contributed by atoms with van der Waals surface area (Å²) in [4.78, 5) is 25.1. The van der Waals surface area contributed by atoms with Crippen molar-refractivity contribution in [3.63, 3.8) is 0 Å². The molecule has 0 bridgehead atoms. The fourth-order valence-electron chi connectivity index (χ4n) is 1.73. The van der Waals surface area contributed by atoms with Crippen LogP contribution in [-0.2, 0) is 6.54 Å². The van der Waals surface area contributed by atoms with Crippen LogP contribution < -0.4 is 5.69 Å². The van der Waals surface area contributed by atoms with E-state index < -0.39 is 5.97 Å². The molecule has 0 saturated heterocycles. The van der Waals surface area contributed by atoms with Crippen LogP contribution in [0.15, 0.2) is 23.0 Å². The molecule has 0 unspecified atom stereocenters. The Hall–Kier alpha value is -2.04. The summed E-state index contributed by atoms with van der Waals surface area (Å²) >= 11 is 0. The molecule has 1 heterocycles. The normalized spacial score (nSPS) is 10.8. The Morgan fingerprint density at radius 2 is 2.25 bits per heavy atom. The van der Waals surface area contributed by atoms with Gasteiger partial charge in [-0.1, -0.05) is 6.92 Å². The highest BCUT2D eigenvalue weighted by Crippen LogP contribution is 2.13. The lowest BCUT2D eigenvalue weighted by Gasteiger charge is -2.00. The van der Waals surface area contributed by atoms with E-state index in [2.05, 4.69) is 4.98 Å². The molecular formula is C11H12N2O3. The van der Waals surface area contributed by atoms with Crippen LogP contribution in [0.5, 0.6) is 0 Å². The van der Waals surface area contributed by atoms with Gasteiger partial charge in [-0.05, 0) is 24.6 Å². The van der Waals surface area contributed by atoms with E-state index in [9.17, 15) is 9.59 Å². The number of carboxylic acid groups (broad SMARTS) is 1. The lowest BCUT2D eigenvalue weighted by molar-refractivity contribution is 0.0697. The molecule has 2 aromatic rings. The minimum Gasteiger partial charge on any atom is -0.478 e. The first kappa shape index (κ1) is 10.5. The van der Waals surface area contributed by atoms with Gasteiger partial charge in [0.1, 0.15) is 0 Å². The number of aryl methyl sites for hydroxylation is 1. The van der Waals surface area contributed by atoms with Gasteiger partial charge in [0.15, 0.2) is 0 Å². The minimum absolute atomic E-state index is 0.191. The second kappa shape index (κ2) is 3.84. The summed E-state index contributed by atoms with van der Waals surface area (Å²) in [5.41, 5.74) is 1.31. The number of benzene rings is 1. The molecule has 1 aromatic heterocycles. The van der Waals surface area contributed by atoms with Crippen LogP contribution in [0.3, 0.4) is 0 Å². The minimum atomic E-state index is -0.987. The van der Waals surface area contributed by atoms with Crippen molar-refractivity contribution in [3.8, 4) is 0 Å². The van der Waals surface area contributed by atoms with Crippen LogP contribution in [0.2, 0.25) is 0 Å². The highest BCUT2D eigenvalue weighted by molar-refractivity contribution is 5.92. The number of aromatic carboxylic acids is 1. The number of rotatable bonds is 3. The van der Waals surface area contributed by atoms with Gasteiger partial charge >= 0.3 is 11.7 Å². The average molecular weight is 220 g/mol. The molecule has 0 saturated carbocycles. The molecule has 0 atom stereocenters. The van der Waals surface area contributed by atoms with Crippen LogP contribution in [0.25, 0.3) is 11.0 Å². The van der Waals surface area contributed by atoms with E-state index in [1.807, 2.05) is 6.92 Å². The molecule has 0 fully saturated rings. The van der Waals surface area contributed by atoms with Crippen molar-refractivity contribution in [2.45, 2.75) is 19.9 Å². The average Bonchev–Trinajstić information content (AvgIpc) is 2.55. The molecule has 16 heavy (non-hydrogen) atoms. The number of H-pyrrole nitrogens is 1. The number of nitrogens with one attached hydrogen (secondary N) is 1. The number of hydrogen-bond acceptors (Lipinski definition) is 2. The van der Waals surface area contributed by atoms with Gasteiger partial charge in [0.25, 0.3) is 0 Å². The van der Waals surface area contributed by atoms with E-state index >= 15 is 0 Å². The van der Waals surface area contributed by atoms with Gasteiger partial charge in [0.2, 0.25) is 0 Å². The summed E-state index contributed by atoms with van der Waals surface area (Å²) in [5.74, 6) is -0.987. The highest BCUT2D eigenvalue weighted by Gasteiger charge is 2.09. The number of aromatic nitrogens is 2. The lowest BCUT2D eigenvalue weighted by atomic mass is 10.2. The highest BCUT2D eigenvalue weighted by atomic mass is 16.4. The van der Waals surface area contributed by atoms with Crippen molar-refractivity contribution in [1.29, 1.82) is 0 Å². The lowest BCUT2D eigenvalue weighted by Crippen LogP contribution is -2.16. The van der Waals surface area contributed by atoms with E-state index in [1.54, 1.807) is 10.6 Å². The Labute approximate surface area is 91.3 Å². The number of imidazole rings is 1. The van der Waals surface area contributed by atoms with E-state index in [0.717, 1.165) is 6.42 Å². The zero-order valence-corrected chi connectivity index (χ0v) is 8.86. The van der Waals surface area contributed by atoms with Gasteiger partial charge in [-0.25, -0.2) is 9.59 Å². The first-order valence-electron chi connectivity index (χ1n) is 5.09. The van der Waals surface area contributed by atoms with Crippen molar-refractivity contribution < 1.29 is 9.90 Å². The Kier molecular flexibility index (Phi) is 2.52. The fraction of sp³-hybridized carbons (Fsp3) is 0.273.